The van der Waals surface area contributed by atoms with Crippen LogP contribution in [0, 0.1) is 0 Å². The van der Waals surface area contributed by atoms with E-state index in [1.165, 1.54) is 31.0 Å². The molecule has 0 amide bonds. The van der Waals surface area contributed by atoms with Crippen LogP contribution in [0.2, 0.25) is 0 Å². The van der Waals surface area contributed by atoms with Gasteiger partial charge < -0.3 is 0 Å². The van der Waals surface area contributed by atoms with Crippen LogP contribution in [0.15, 0.2) is 9.95 Å². The molecule has 1 heterocycles. The van der Waals surface area contributed by atoms with E-state index in [-0.39, 0.29) is 5.56 Å². The van der Waals surface area contributed by atoms with Crippen molar-refractivity contribution in [2.24, 2.45) is 7.05 Å². The molecular weight excluding hydrogens is 222 g/mol. The van der Waals surface area contributed by atoms with Crippen molar-refractivity contribution in [2.75, 3.05) is 6.26 Å². The molecule has 1 saturated carbocycles. The molecule has 1 aromatic rings. The Bertz CT molecular complexity index is 424. The third-order valence-corrected chi connectivity index (χ3v) is 3.95. The zero-order chi connectivity index (χ0) is 11.5. The van der Waals surface area contributed by atoms with E-state index in [1.807, 2.05) is 6.26 Å². The van der Waals surface area contributed by atoms with E-state index in [0.29, 0.717) is 16.8 Å². The lowest BCUT2D eigenvalue weighted by Crippen LogP contribution is -2.28. The average Bonchev–Trinajstić information content (AvgIpc) is 2.34. The Morgan fingerprint density at radius 1 is 1.25 bits per heavy atom. The van der Waals surface area contributed by atoms with Gasteiger partial charge in [0.25, 0.3) is 5.56 Å². The standard InChI is InChI=1S/C11H17N3OS/c1-14-10(15)9(12-13-11(14)16-2)8-6-4-3-5-7-8/h8H,3-7H2,1-2H3. The molecule has 0 aromatic carbocycles. The smallest absolute Gasteiger partial charge is 0.276 e. The van der Waals surface area contributed by atoms with Crippen LogP contribution >= 0.6 is 11.8 Å². The van der Waals surface area contributed by atoms with Crippen molar-refractivity contribution in [3.8, 4) is 0 Å². The summed E-state index contributed by atoms with van der Waals surface area (Å²) in [5.74, 6) is 0.329. The molecule has 0 spiro atoms. The maximum Gasteiger partial charge on any atom is 0.276 e. The van der Waals surface area contributed by atoms with Crippen molar-refractivity contribution in [3.63, 3.8) is 0 Å². The number of rotatable bonds is 2. The SMILES string of the molecule is CSc1nnc(C2CCCCC2)c(=O)n1C. The predicted octanol–water partition coefficient (Wildman–Crippen LogP) is 1.94. The quantitative estimate of drug-likeness (QED) is 0.740. The molecule has 5 heteroatoms. The van der Waals surface area contributed by atoms with E-state index in [2.05, 4.69) is 10.2 Å². The summed E-state index contributed by atoms with van der Waals surface area (Å²) in [6.45, 7) is 0. The van der Waals surface area contributed by atoms with Gasteiger partial charge in [-0.1, -0.05) is 31.0 Å². The van der Waals surface area contributed by atoms with Crippen molar-refractivity contribution < 1.29 is 0 Å². The van der Waals surface area contributed by atoms with Gasteiger partial charge >= 0.3 is 0 Å². The van der Waals surface area contributed by atoms with Crippen LogP contribution in [-0.4, -0.2) is 21.0 Å². The number of thioether (sulfide) groups is 1. The molecule has 1 aromatic heterocycles. The van der Waals surface area contributed by atoms with Gasteiger partial charge in [-0.25, -0.2) is 0 Å². The maximum atomic E-state index is 12.1. The summed E-state index contributed by atoms with van der Waals surface area (Å²) >= 11 is 1.45. The Kier molecular flexibility index (Phi) is 3.63. The number of aromatic nitrogens is 3. The molecule has 1 aliphatic carbocycles. The molecule has 0 radical (unpaired) electrons. The minimum atomic E-state index is 0.0336. The molecule has 0 bridgehead atoms. The summed E-state index contributed by atoms with van der Waals surface area (Å²) < 4.78 is 1.61. The summed E-state index contributed by atoms with van der Waals surface area (Å²) in [5, 5.41) is 8.92. The Morgan fingerprint density at radius 2 is 1.94 bits per heavy atom. The van der Waals surface area contributed by atoms with Gasteiger partial charge in [-0.2, -0.15) is 0 Å². The minimum Gasteiger partial charge on any atom is -0.288 e. The van der Waals surface area contributed by atoms with Gasteiger partial charge in [0.15, 0.2) is 5.16 Å². The Balaban J connectivity index is 2.34. The lowest BCUT2D eigenvalue weighted by molar-refractivity contribution is 0.423. The van der Waals surface area contributed by atoms with Gasteiger partial charge in [-0.05, 0) is 19.1 Å². The molecule has 88 valence electrons. The largest absolute Gasteiger partial charge is 0.288 e. The van der Waals surface area contributed by atoms with Gasteiger partial charge in [0.2, 0.25) is 0 Å². The zero-order valence-electron chi connectivity index (χ0n) is 9.77. The molecule has 2 rings (SSSR count). The van der Waals surface area contributed by atoms with Crippen molar-refractivity contribution in [1.82, 2.24) is 14.8 Å². The fraction of sp³-hybridized carbons (Fsp3) is 0.727. The van der Waals surface area contributed by atoms with Crippen LogP contribution in [-0.2, 0) is 7.05 Å². The van der Waals surface area contributed by atoms with Gasteiger partial charge in [0.05, 0.1) is 0 Å². The Hall–Kier alpha value is -0.840. The molecular formula is C11H17N3OS. The van der Waals surface area contributed by atoms with Crippen LogP contribution in [0.25, 0.3) is 0 Å². The molecule has 1 fully saturated rings. The Morgan fingerprint density at radius 3 is 2.56 bits per heavy atom. The highest BCUT2D eigenvalue weighted by Crippen LogP contribution is 2.29. The number of hydrogen-bond acceptors (Lipinski definition) is 4. The monoisotopic (exact) mass is 239 g/mol. The number of hydrogen-bond donors (Lipinski definition) is 0. The third-order valence-electron chi connectivity index (χ3n) is 3.23. The number of nitrogens with zero attached hydrogens (tertiary/aromatic N) is 3. The predicted molar refractivity (Wildman–Crippen MR) is 64.9 cm³/mol. The summed E-state index contributed by atoms with van der Waals surface area (Å²) in [6.07, 6.45) is 7.78. The second-order valence-corrected chi connectivity index (χ2v) is 5.04. The van der Waals surface area contributed by atoms with E-state index in [0.717, 1.165) is 12.8 Å². The van der Waals surface area contributed by atoms with Crippen molar-refractivity contribution >= 4 is 11.8 Å². The molecule has 16 heavy (non-hydrogen) atoms. The van der Waals surface area contributed by atoms with Gasteiger partial charge in [-0.3, -0.25) is 9.36 Å². The first-order valence-corrected chi connectivity index (χ1v) is 6.94. The molecule has 0 atom stereocenters. The van der Waals surface area contributed by atoms with E-state index in [9.17, 15) is 4.79 Å². The van der Waals surface area contributed by atoms with Gasteiger partial charge in [-0.15, -0.1) is 10.2 Å². The molecule has 1 aliphatic rings. The van der Waals surface area contributed by atoms with Crippen LogP contribution in [0.1, 0.15) is 43.7 Å². The fourth-order valence-electron chi connectivity index (χ4n) is 2.28. The van der Waals surface area contributed by atoms with Crippen LogP contribution < -0.4 is 5.56 Å². The second-order valence-electron chi connectivity index (χ2n) is 4.27. The normalized spacial score (nSPS) is 17.6. The maximum absolute atomic E-state index is 12.1. The van der Waals surface area contributed by atoms with E-state index >= 15 is 0 Å². The first-order valence-electron chi connectivity index (χ1n) is 5.71. The van der Waals surface area contributed by atoms with Crippen LogP contribution in [0.3, 0.4) is 0 Å². The van der Waals surface area contributed by atoms with Crippen molar-refractivity contribution in [2.45, 2.75) is 43.2 Å². The zero-order valence-corrected chi connectivity index (χ0v) is 10.6. The Labute approximate surface area is 99.5 Å². The molecule has 0 unspecified atom stereocenters. The summed E-state index contributed by atoms with van der Waals surface area (Å²) in [4.78, 5) is 12.1. The van der Waals surface area contributed by atoms with Gasteiger partial charge in [0.1, 0.15) is 5.69 Å². The topological polar surface area (TPSA) is 47.8 Å². The first-order chi connectivity index (χ1) is 7.74. The molecule has 0 saturated heterocycles. The van der Waals surface area contributed by atoms with Gasteiger partial charge in [0, 0.05) is 13.0 Å². The van der Waals surface area contributed by atoms with Crippen molar-refractivity contribution in [3.05, 3.63) is 16.0 Å². The highest BCUT2D eigenvalue weighted by Gasteiger charge is 2.21. The van der Waals surface area contributed by atoms with E-state index in [4.69, 9.17) is 0 Å². The minimum absolute atomic E-state index is 0.0336. The molecule has 0 aliphatic heterocycles. The van der Waals surface area contributed by atoms with E-state index < -0.39 is 0 Å². The second kappa shape index (κ2) is 4.99. The van der Waals surface area contributed by atoms with E-state index in [1.54, 1.807) is 11.6 Å². The lowest BCUT2D eigenvalue weighted by atomic mass is 9.87. The highest BCUT2D eigenvalue weighted by atomic mass is 32.2. The first kappa shape index (κ1) is 11.6. The lowest BCUT2D eigenvalue weighted by Gasteiger charge is -2.20. The van der Waals surface area contributed by atoms with Crippen molar-refractivity contribution in [1.29, 1.82) is 0 Å². The molecule has 4 nitrogen and oxygen atoms in total. The van der Waals surface area contributed by atoms with Crippen LogP contribution in [0.4, 0.5) is 0 Å². The molecule has 0 N–H and O–H groups in total. The highest BCUT2D eigenvalue weighted by molar-refractivity contribution is 7.98. The summed E-state index contributed by atoms with van der Waals surface area (Å²) in [5.41, 5.74) is 0.700. The fourth-order valence-corrected chi connectivity index (χ4v) is 2.75. The summed E-state index contributed by atoms with van der Waals surface area (Å²) in [7, 11) is 1.77. The third kappa shape index (κ3) is 2.14. The average molecular weight is 239 g/mol. The summed E-state index contributed by atoms with van der Waals surface area (Å²) in [6, 6.07) is 0. The van der Waals surface area contributed by atoms with Crippen LogP contribution in [0.5, 0.6) is 0 Å².